The third-order valence-electron chi connectivity index (χ3n) is 5.28. The van der Waals surface area contributed by atoms with Crippen LogP contribution in [-0.4, -0.2) is 40.5 Å². The first-order valence-corrected chi connectivity index (χ1v) is 10.1. The van der Waals surface area contributed by atoms with E-state index in [9.17, 15) is 9.59 Å². The molecule has 1 amide bonds. The number of esters is 1. The molecule has 1 saturated carbocycles. The highest BCUT2D eigenvalue weighted by atomic mass is 16.5. The molecule has 1 atom stereocenters. The van der Waals surface area contributed by atoms with Gasteiger partial charge in [-0.1, -0.05) is 37.5 Å². The zero-order chi connectivity index (χ0) is 20.1. The van der Waals surface area contributed by atoms with E-state index in [-0.39, 0.29) is 17.6 Å². The molecule has 0 saturated heterocycles. The Morgan fingerprint density at radius 1 is 1.21 bits per heavy atom. The van der Waals surface area contributed by atoms with Crippen molar-refractivity contribution in [1.82, 2.24) is 9.88 Å². The van der Waals surface area contributed by atoms with Gasteiger partial charge in [0.1, 0.15) is 5.76 Å². The molecule has 0 unspecified atom stereocenters. The molecule has 1 fully saturated rings. The maximum absolute atomic E-state index is 12.9. The molecule has 28 heavy (non-hydrogen) atoms. The van der Waals surface area contributed by atoms with Crippen molar-refractivity contribution in [3.05, 3.63) is 41.8 Å². The first-order chi connectivity index (χ1) is 13.5. The van der Waals surface area contributed by atoms with Crippen LogP contribution in [0.4, 0.5) is 0 Å². The van der Waals surface area contributed by atoms with Crippen molar-refractivity contribution < 1.29 is 18.7 Å². The molecule has 3 rings (SSSR count). The van der Waals surface area contributed by atoms with E-state index < -0.39 is 12.1 Å². The van der Waals surface area contributed by atoms with Gasteiger partial charge in [-0.15, -0.1) is 0 Å². The first-order valence-electron chi connectivity index (χ1n) is 10.1. The Balaban J connectivity index is 1.68. The van der Waals surface area contributed by atoms with Gasteiger partial charge in [-0.3, -0.25) is 4.79 Å². The lowest BCUT2D eigenvalue weighted by Gasteiger charge is -2.34. The SMILES string of the molecule is CCN(C(=O)[C@@H](C)OC(=O)c1nc(-c2ccccc2)oc1C)C1CCCCC1. The molecule has 1 aromatic heterocycles. The average Bonchev–Trinajstić information content (AvgIpc) is 3.11. The molecule has 1 aromatic carbocycles. The molecule has 0 bridgehead atoms. The van der Waals surface area contributed by atoms with Gasteiger partial charge in [0, 0.05) is 18.2 Å². The summed E-state index contributed by atoms with van der Waals surface area (Å²) in [6.45, 7) is 5.88. The van der Waals surface area contributed by atoms with Crippen molar-refractivity contribution in [2.45, 2.75) is 65.0 Å². The van der Waals surface area contributed by atoms with Crippen LogP contribution in [0.25, 0.3) is 11.5 Å². The zero-order valence-electron chi connectivity index (χ0n) is 16.8. The summed E-state index contributed by atoms with van der Waals surface area (Å²) in [5.41, 5.74) is 0.891. The number of aromatic nitrogens is 1. The number of oxazole rings is 1. The van der Waals surface area contributed by atoms with E-state index in [0.717, 1.165) is 31.2 Å². The minimum Gasteiger partial charge on any atom is -0.448 e. The topological polar surface area (TPSA) is 72.6 Å². The van der Waals surface area contributed by atoms with Crippen LogP contribution in [0, 0.1) is 6.92 Å². The van der Waals surface area contributed by atoms with Crippen molar-refractivity contribution in [1.29, 1.82) is 0 Å². The van der Waals surface area contributed by atoms with Crippen LogP contribution in [0.3, 0.4) is 0 Å². The monoisotopic (exact) mass is 384 g/mol. The third kappa shape index (κ3) is 4.43. The number of nitrogens with zero attached hydrogens (tertiary/aromatic N) is 2. The number of hydrogen-bond acceptors (Lipinski definition) is 5. The lowest BCUT2D eigenvalue weighted by Crippen LogP contribution is -2.46. The van der Waals surface area contributed by atoms with E-state index in [1.54, 1.807) is 13.8 Å². The van der Waals surface area contributed by atoms with Crippen molar-refractivity contribution in [2.24, 2.45) is 0 Å². The number of rotatable bonds is 6. The summed E-state index contributed by atoms with van der Waals surface area (Å²) in [5.74, 6) is -0.0410. The second-order valence-electron chi connectivity index (χ2n) is 7.25. The molecule has 1 heterocycles. The van der Waals surface area contributed by atoms with Crippen molar-refractivity contribution in [3.8, 4) is 11.5 Å². The lowest BCUT2D eigenvalue weighted by molar-refractivity contribution is -0.142. The largest absolute Gasteiger partial charge is 0.448 e. The number of ether oxygens (including phenoxy) is 1. The van der Waals surface area contributed by atoms with Crippen LogP contribution in [0.5, 0.6) is 0 Å². The van der Waals surface area contributed by atoms with Crippen molar-refractivity contribution >= 4 is 11.9 Å². The molecule has 150 valence electrons. The van der Waals surface area contributed by atoms with E-state index >= 15 is 0 Å². The summed E-state index contributed by atoms with van der Waals surface area (Å²) in [5, 5.41) is 0. The highest BCUT2D eigenvalue weighted by Gasteiger charge is 2.30. The standard InChI is InChI=1S/C22H28N2O4/c1-4-24(18-13-9-6-10-14-18)21(25)16(3)28-22(26)19-15(2)27-20(23-19)17-11-7-5-8-12-17/h5,7-8,11-12,16,18H,4,6,9-10,13-14H2,1-3H3/t16-/m1/s1. The molecule has 1 aliphatic carbocycles. The number of carbonyl (C=O) groups is 2. The molecule has 2 aromatic rings. The van der Waals surface area contributed by atoms with E-state index in [4.69, 9.17) is 9.15 Å². The first kappa shape index (κ1) is 20.1. The minimum absolute atomic E-state index is 0.110. The van der Waals surface area contributed by atoms with Gasteiger partial charge < -0.3 is 14.1 Å². The Kier molecular flexibility index (Phi) is 6.49. The number of carbonyl (C=O) groups excluding carboxylic acids is 2. The van der Waals surface area contributed by atoms with Crippen molar-refractivity contribution in [3.63, 3.8) is 0 Å². The molecule has 0 N–H and O–H groups in total. The molecule has 0 spiro atoms. The molecule has 6 heteroatoms. The highest BCUT2D eigenvalue weighted by molar-refractivity contribution is 5.92. The van der Waals surface area contributed by atoms with Gasteiger partial charge in [-0.05, 0) is 45.7 Å². The predicted molar refractivity (Wildman–Crippen MR) is 106 cm³/mol. The molecule has 0 aliphatic heterocycles. The Morgan fingerprint density at radius 2 is 1.89 bits per heavy atom. The number of likely N-dealkylation sites (N-methyl/N-ethyl adjacent to an activating group) is 1. The molecule has 6 nitrogen and oxygen atoms in total. The van der Waals surface area contributed by atoms with Gasteiger partial charge in [-0.25, -0.2) is 9.78 Å². The molecular weight excluding hydrogens is 356 g/mol. The van der Waals surface area contributed by atoms with E-state index in [2.05, 4.69) is 4.98 Å². The van der Waals surface area contributed by atoms with Gasteiger partial charge in [0.2, 0.25) is 5.89 Å². The van der Waals surface area contributed by atoms with Crippen LogP contribution >= 0.6 is 0 Å². The number of hydrogen-bond donors (Lipinski definition) is 0. The molecular formula is C22H28N2O4. The maximum atomic E-state index is 12.9. The summed E-state index contributed by atoms with van der Waals surface area (Å²) in [6.07, 6.45) is 4.69. The number of benzene rings is 1. The van der Waals surface area contributed by atoms with Gasteiger partial charge in [0.15, 0.2) is 11.8 Å². The number of aryl methyl sites for hydroxylation is 1. The summed E-state index contributed by atoms with van der Waals surface area (Å²) in [7, 11) is 0. The Bertz CT molecular complexity index is 809. The van der Waals surface area contributed by atoms with Gasteiger partial charge in [0.25, 0.3) is 5.91 Å². The number of amides is 1. The fourth-order valence-electron chi connectivity index (χ4n) is 3.78. The zero-order valence-corrected chi connectivity index (χ0v) is 16.8. The fraction of sp³-hybridized carbons (Fsp3) is 0.500. The van der Waals surface area contributed by atoms with E-state index in [1.807, 2.05) is 42.2 Å². The van der Waals surface area contributed by atoms with E-state index in [1.165, 1.54) is 6.42 Å². The maximum Gasteiger partial charge on any atom is 0.361 e. The molecule has 1 aliphatic rings. The predicted octanol–water partition coefficient (Wildman–Crippen LogP) is 4.38. The highest BCUT2D eigenvalue weighted by Crippen LogP contribution is 2.24. The van der Waals surface area contributed by atoms with Gasteiger partial charge in [0.05, 0.1) is 0 Å². The van der Waals surface area contributed by atoms with Crippen LogP contribution in [-0.2, 0) is 9.53 Å². The van der Waals surface area contributed by atoms with Gasteiger partial charge in [-0.2, -0.15) is 0 Å². The summed E-state index contributed by atoms with van der Waals surface area (Å²) in [4.78, 5) is 31.6. The minimum atomic E-state index is -0.856. The summed E-state index contributed by atoms with van der Waals surface area (Å²) in [6, 6.07) is 9.60. The van der Waals surface area contributed by atoms with E-state index in [0.29, 0.717) is 18.2 Å². The Labute approximate surface area is 165 Å². The average molecular weight is 384 g/mol. The van der Waals surface area contributed by atoms with Crippen molar-refractivity contribution in [2.75, 3.05) is 6.54 Å². The normalized spacial score (nSPS) is 15.8. The second-order valence-corrected chi connectivity index (χ2v) is 7.25. The van der Waals surface area contributed by atoms with Crippen LogP contribution < -0.4 is 0 Å². The summed E-state index contributed by atoms with van der Waals surface area (Å²) >= 11 is 0. The van der Waals surface area contributed by atoms with Crippen LogP contribution in [0.1, 0.15) is 62.2 Å². The summed E-state index contributed by atoms with van der Waals surface area (Å²) < 4.78 is 11.1. The quantitative estimate of drug-likeness (QED) is 0.691. The van der Waals surface area contributed by atoms with Gasteiger partial charge >= 0.3 is 5.97 Å². The second kappa shape index (κ2) is 9.04. The Hall–Kier alpha value is -2.63. The Morgan fingerprint density at radius 3 is 2.54 bits per heavy atom. The van der Waals surface area contributed by atoms with Crippen LogP contribution in [0.15, 0.2) is 34.7 Å². The molecule has 0 radical (unpaired) electrons. The smallest absolute Gasteiger partial charge is 0.361 e. The third-order valence-corrected chi connectivity index (χ3v) is 5.28. The van der Waals surface area contributed by atoms with Crippen LogP contribution in [0.2, 0.25) is 0 Å². The lowest BCUT2D eigenvalue weighted by atomic mass is 9.94. The fourth-order valence-corrected chi connectivity index (χ4v) is 3.78.